The van der Waals surface area contributed by atoms with E-state index in [-0.39, 0.29) is 42.4 Å². The molecule has 4 rings (SSSR count). The molecule has 1 aliphatic rings. The second-order valence-electron chi connectivity index (χ2n) is 7.22. The Morgan fingerprint density at radius 3 is 2.80 bits per heavy atom. The fourth-order valence-corrected chi connectivity index (χ4v) is 3.27. The van der Waals surface area contributed by atoms with Crippen molar-refractivity contribution in [2.75, 3.05) is 6.54 Å². The molecular weight excluding hydrogens is 389 g/mol. The molecule has 3 heterocycles. The largest absolute Gasteiger partial charge is 0.343 e. The summed E-state index contributed by atoms with van der Waals surface area (Å²) < 4.78 is 18.3. The monoisotopic (exact) mass is 409 g/mol. The molecule has 154 valence electrons. The number of amides is 2. The molecule has 1 N–H and O–H groups in total. The number of pyridine rings is 1. The normalized spacial score (nSPS) is 16.1. The minimum absolute atomic E-state index is 0.0177. The van der Waals surface area contributed by atoms with Gasteiger partial charge in [0.05, 0.1) is 12.1 Å². The van der Waals surface area contributed by atoms with E-state index in [1.165, 1.54) is 18.3 Å². The van der Waals surface area contributed by atoms with Gasteiger partial charge in [-0.3, -0.25) is 14.6 Å². The lowest BCUT2D eigenvalue weighted by atomic mass is 10.1. The number of hydrogen-bond donors (Lipinski definition) is 1. The highest BCUT2D eigenvalue weighted by Crippen LogP contribution is 2.27. The number of aryl methyl sites for hydroxylation is 1. The molecule has 0 unspecified atom stereocenters. The quantitative estimate of drug-likeness (QED) is 0.671. The molecule has 0 bridgehead atoms. The third-order valence-corrected chi connectivity index (χ3v) is 4.92. The summed E-state index contributed by atoms with van der Waals surface area (Å²) in [6.45, 7) is 2.79. The molecule has 2 aromatic heterocycles. The van der Waals surface area contributed by atoms with Gasteiger partial charge < -0.3 is 14.7 Å². The van der Waals surface area contributed by atoms with E-state index in [4.69, 9.17) is 4.52 Å². The smallest absolute Gasteiger partial charge is 0.253 e. The maximum atomic E-state index is 13.1. The predicted molar refractivity (Wildman–Crippen MR) is 104 cm³/mol. The standard InChI is InChI=1S/C21H20FN5O3/c1-13-2-5-15(9-23-13)21(29)24-10-18-25-20(26-30-18)16-8-19(28)27(12-16)11-14-3-6-17(22)7-4-14/h2-7,9,16H,8,10-12H2,1H3,(H,24,29)/t16-/m1/s1. The van der Waals surface area contributed by atoms with Crippen molar-refractivity contribution < 1.29 is 18.5 Å². The lowest BCUT2D eigenvalue weighted by molar-refractivity contribution is -0.128. The Hall–Kier alpha value is -3.62. The average molecular weight is 409 g/mol. The minimum Gasteiger partial charge on any atom is -0.343 e. The van der Waals surface area contributed by atoms with Gasteiger partial charge in [-0.15, -0.1) is 0 Å². The number of aromatic nitrogens is 3. The van der Waals surface area contributed by atoms with E-state index in [1.54, 1.807) is 29.2 Å². The van der Waals surface area contributed by atoms with Gasteiger partial charge in [0.15, 0.2) is 5.82 Å². The molecule has 0 saturated carbocycles. The molecule has 1 fully saturated rings. The summed E-state index contributed by atoms with van der Waals surface area (Å²) in [5, 5.41) is 6.68. The molecule has 1 atom stereocenters. The Labute approximate surface area is 172 Å². The molecule has 30 heavy (non-hydrogen) atoms. The van der Waals surface area contributed by atoms with Crippen LogP contribution in [0.3, 0.4) is 0 Å². The Bertz CT molecular complexity index is 1050. The number of benzene rings is 1. The van der Waals surface area contributed by atoms with Crippen molar-refractivity contribution in [3.8, 4) is 0 Å². The fourth-order valence-electron chi connectivity index (χ4n) is 3.27. The van der Waals surface area contributed by atoms with E-state index in [1.807, 2.05) is 6.92 Å². The Kier molecular flexibility index (Phi) is 5.51. The zero-order valence-corrected chi connectivity index (χ0v) is 16.3. The molecule has 1 aromatic carbocycles. The van der Waals surface area contributed by atoms with Crippen molar-refractivity contribution in [1.29, 1.82) is 0 Å². The molecule has 1 aliphatic heterocycles. The lowest BCUT2D eigenvalue weighted by Gasteiger charge is -2.16. The Balaban J connectivity index is 1.33. The Morgan fingerprint density at radius 1 is 1.27 bits per heavy atom. The van der Waals surface area contributed by atoms with E-state index in [0.717, 1.165) is 11.3 Å². The van der Waals surface area contributed by atoms with E-state index >= 15 is 0 Å². The van der Waals surface area contributed by atoms with Gasteiger partial charge in [0.2, 0.25) is 11.8 Å². The van der Waals surface area contributed by atoms with E-state index < -0.39 is 0 Å². The highest BCUT2D eigenvalue weighted by atomic mass is 19.1. The van der Waals surface area contributed by atoms with Crippen molar-refractivity contribution in [2.45, 2.75) is 32.4 Å². The van der Waals surface area contributed by atoms with Crippen LogP contribution in [0.1, 0.15) is 45.7 Å². The van der Waals surface area contributed by atoms with E-state index in [0.29, 0.717) is 24.5 Å². The lowest BCUT2D eigenvalue weighted by Crippen LogP contribution is -2.24. The van der Waals surface area contributed by atoms with Crippen molar-refractivity contribution in [2.24, 2.45) is 0 Å². The molecule has 1 saturated heterocycles. The van der Waals surface area contributed by atoms with Crippen LogP contribution in [0.2, 0.25) is 0 Å². The SMILES string of the molecule is Cc1ccc(C(=O)NCc2nc([C@@H]3CC(=O)N(Cc4ccc(F)cc4)C3)no2)cn1. The first-order valence-electron chi connectivity index (χ1n) is 9.53. The Morgan fingerprint density at radius 2 is 2.07 bits per heavy atom. The van der Waals surface area contributed by atoms with Gasteiger partial charge in [-0.2, -0.15) is 4.98 Å². The van der Waals surface area contributed by atoms with Gasteiger partial charge >= 0.3 is 0 Å². The number of carbonyl (C=O) groups excluding carboxylic acids is 2. The predicted octanol–water partition coefficient (Wildman–Crippen LogP) is 2.36. The van der Waals surface area contributed by atoms with E-state index in [9.17, 15) is 14.0 Å². The highest BCUT2D eigenvalue weighted by Gasteiger charge is 2.33. The summed E-state index contributed by atoms with van der Waals surface area (Å²) in [7, 11) is 0. The first-order valence-corrected chi connectivity index (χ1v) is 9.53. The summed E-state index contributed by atoms with van der Waals surface area (Å²) in [5.74, 6) is -0.101. The molecule has 3 aromatic rings. The van der Waals surface area contributed by atoms with Crippen LogP contribution in [-0.4, -0.2) is 38.4 Å². The first-order chi connectivity index (χ1) is 14.5. The van der Waals surface area contributed by atoms with Gasteiger partial charge in [0, 0.05) is 37.3 Å². The van der Waals surface area contributed by atoms with Crippen molar-refractivity contribution >= 4 is 11.8 Å². The second kappa shape index (κ2) is 8.40. The summed E-state index contributed by atoms with van der Waals surface area (Å²) in [4.78, 5) is 34.6. The molecule has 8 nitrogen and oxygen atoms in total. The molecule has 0 radical (unpaired) electrons. The minimum atomic E-state index is -0.311. The summed E-state index contributed by atoms with van der Waals surface area (Å²) in [6.07, 6.45) is 1.78. The van der Waals surface area contributed by atoms with Crippen molar-refractivity contribution in [1.82, 2.24) is 25.3 Å². The van der Waals surface area contributed by atoms with Crippen LogP contribution in [0.25, 0.3) is 0 Å². The average Bonchev–Trinajstić information content (AvgIpc) is 3.35. The molecule has 0 aliphatic carbocycles. The highest BCUT2D eigenvalue weighted by molar-refractivity contribution is 5.93. The van der Waals surface area contributed by atoms with Crippen LogP contribution in [-0.2, 0) is 17.9 Å². The maximum Gasteiger partial charge on any atom is 0.253 e. The van der Waals surface area contributed by atoms with Crippen LogP contribution >= 0.6 is 0 Å². The van der Waals surface area contributed by atoms with Crippen LogP contribution < -0.4 is 5.32 Å². The maximum absolute atomic E-state index is 13.1. The first kappa shape index (κ1) is 19.7. The van der Waals surface area contributed by atoms with Gasteiger partial charge in [-0.25, -0.2) is 4.39 Å². The third-order valence-electron chi connectivity index (χ3n) is 4.92. The summed E-state index contributed by atoms with van der Waals surface area (Å²) in [5.41, 5.74) is 2.12. The number of nitrogens with one attached hydrogen (secondary N) is 1. The van der Waals surface area contributed by atoms with Crippen LogP contribution in [0, 0.1) is 12.7 Å². The van der Waals surface area contributed by atoms with E-state index in [2.05, 4.69) is 20.4 Å². The van der Waals surface area contributed by atoms with Crippen molar-refractivity contribution in [3.63, 3.8) is 0 Å². The third kappa shape index (κ3) is 4.51. The zero-order chi connectivity index (χ0) is 21.1. The topological polar surface area (TPSA) is 101 Å². The number of halogens is 1. The number of rotatable bonds is 6. The number of carbonyl (C=O) groups is 2. The molecule has 9 heteroatoms. The number of hydrogen-bond acceptors (Lipinski definition) is 6. The number of likely N-dealkylation sites (tertiary alicyclic amines) is 1. The zero-order valence-electron chi connectivity index (χ0n) is 16.3. The fraction of sp³-hybridized carbons (Fsp3) is 0.286. The molecular formula is C21H20FN5O3. The molecule has 0 spiro atoms. The van der Waals surface area contributed by atoms with Gasteiger partial charge in [0.1, 0.15) is 5.82 Å². The van der Waals surface area contributed by atoms with Crippen LogP contribution in [0.15, 0.2) is 47.1 Å². The van der Waals surface area contributed by atoms with Crippen LogP contribution in [0.5, 0.6) is 0 Å². The summed E-state index contributed by atoms with van der Waals surface area (Å²) >= 11 is 0. The summed E-state index contributed by atoms with van der Waals surface area (Å²) in [6, 6.07) is 9.52. The van der Waals surface area contributed by atoms with Gasteiger partial charge in [-0.05, 0) is 36.8 Å². The molecule has 2 amide bonds. The van der Waals surface area contributed by atoms with Gasteiger partial charge in [-0.1, -0.05) is 17.3 Å². The van der Waals surface area contributed by atoms with Gasteiger partial charge in [0.25, 0.3) is 5.91 Å². The van der Waals surface area contributed by atoms with Crippen molar-refractivity contribution in [3.05, 3.63) is 76.9 Å². The second-order valence-corrected chi connectivity index (χ2v) is 7.22. The number of nitrogens with zero attached hydrogens (tertiary/aromatic N) is 4. The van der Waals surface area contributed by atoms with Crippen LogP contribution in [0.4, 0.5) is 4.39 Å².